The number of thiazole rings is 1. The third-order valence-electron chi connectivity index (χ3n) is 3.36. The minimum Gasteiger partial charge on any atom is -0.347 e. The number of hydrogen-bond acceptors (Lipinski definition) is 3. The van der Waals surface area contributed by atoms with Gasteiger partial charge < -0.3 is 4.90 Å². The first-order valence-corrected chi connectivity index (χ1v) is 6.77. The number of benzene rings is 1. The molecule has 0 atom stereocenters. The lowest BCUT2D eigenvalue weighted by atomic mass is 10.0. The van der Waals surface area contributed by atoms with Crippen LogP contribution in [0.4, 0.5) is 13.9 Å². The third-order valence-corrected chi connectivity index (χ3v) is 4.42. The van der Waals surface area contributed by atoms with Crippen molar-refractivity contribution >= 4 is 26.7 Å². The smallest absolute Gasteiger partial charge is 0.244 e. The molecule has 0 spiro atoms. The number of anilines is 1. The molecule has 0 bridgehead atoms. The molecule has 5 heteroatoms. The molecular weight excluding hydrogens is 254 g/mol. The van der Waals surface area contributed by atoms with Gasteiger partial charge in [0.1, 0.15) is 0 Å². The van der Waals surface area contributed by atoms with Crippen molar-refractivity contribution in [3.8, 4) is 0 Å². The molecule has 1 aromatic heterocycles. The van der Waals surface area contributed by atoms with Crippen LogP contribution in [0.2, 0.25) is 0 Å². The van der Waals surface area contributed by atoms with Crippen LogP contribution in [-0.2, 0) is 0 Å². The summed E-state index contributed by atoms with van der Waals surface area (Å²) < 4.78 is 26.0. The second kappa shape index (κ2) is 4.16. The van der Waals surface area contributed by atoms with Crippen molar-refractivity contribution in [3.63, 3.8) is 0 Å². The Morgan fingerprint density at radius 1 is 1.33 bits per heavy atom. The Hall–Kier alpha value is -1.23. The van der Waals surface area contributed by atoms with E-state index in [4.69, 9.17) is 0 Å². The molecule has 18 heavy (non-hydrogen) atoms. The average Bonchev–Trinajstić information content (AvgIpc) is 2.58. The Kier molecular flexibility index (Phi) is 2.73. The molecule has 1 aromatic carbocycles. The largest absolute Gasteiger partial charge is 0.347 e. The van der Waals surface area contributed by atoms with E-state index >= 15 is 0 Å². The van der Waals surface area contributed by atoms with E-state index in [-0.39, 0.29) is 0 Å². The minimum atomic E-state index is -2.21. The summed E-state index contributed by atoms with van der Waals surface area (Å²) >= 11 is 1.59. The van der Waals surface area contributed by atoms with Gasteiger partial charge in [-0.3, -0.25) is 0 Å². The zero-order valence-electron chi connectivity index (χ0n) is 10.3. The number of rotatable bonds is 2. The van der Waals surface area contributed by atoms with E-state index in [1.165, 1.54) is 5.56 Å². The lowest BCUT2D eigenvalue weighted by Crippen LogP contribution is -2.50. The number of fused-ring (bicyclic) bond motifs is 1. The van der Waals surface area contributed by atoms with Crippen molar-refractivity contribution in [2.24, 2.45) is 5.92 Å². The molecule has 1 fully saturated rings. The SMILES string of the molecule is Cc1cc(C)c2nc(N3CC(C(F)F)C3)sc2c1. The van der Waals surface area contributed by atoms with Crippen molar-refractivity contribution in [2.45, 2.75) is 20.3 Å². The van der Waals surface area contributed by atoms with Crippen LogP contribution in [0.15, 0.2) is 12.1 Å². The summed E-state index contributed by atoms with van der Waals surface area (Å²) in [7, 11) is 0. The topological polar surface area (TPSA) is 16.1 Å². The van der Waals surface area contributed by atoms with Crippen LogP contribution in [0, 0.1) is 19.8 Å². The number of alkyl halides is 2. The fourth-order valence-electron chi connectivity index (χ4n) is 2.32. The highest BCUT2D eigenvalue weighted by atomic mass is 32.1. The van der Waals surface area contributed by atoms with E-state index in [0.29, 0.717) is 13.1 Å². The molecule has 2 nitrogen and oxygen atoms in total. The molecule has 0 amide bonds. The first-order chi connectivity index (χ1) is 8.54. The number of aryl methyl sites for hydroxylation is 2. The minimum absolute atomic E-state index is 0.426. The van der Waals surface area contributed by atoms with E-state index < -0.39 is 12.3 Å². The molecule has 0 N–H and O–H groups in total. The Labute approximate surface area is 108 Å². The highest BCUT2D eigenvalue weighted by Gasteiger charge is 2.35. The zero-order chi connectivity index (χ0) is 12.9. The molecule has 0 saturated carbocycles. The van der Waals surface area contributed by atoms with Gasteiger partial charge in [0.25, 0.3) is 0 Å². The van der Waals surface area contributed by atoms with E-state index in [0.717, 1.165) is 20.9 Å². The van der Waals surface area contributed by atoms with Crippen molar-refractivity contribution in [1.29, 1.82) is 0 Å². The molecule has 1 aliphatic rings. The van der Waals surface area contributed by atoms with E-state index in [1.54, 1.807) is 11.3 Å². The van der Waals surface area contributed by atoms with Gasteiger partial charge in [-0.2, -0.15) is 0 Å². The molecule has 0 radical (unpaired) electrons. The van der Waals surface area contributed by atoms with E-state index in [9.17, 15) is 8.78 Å². The van der Waals surface area contributed by atoms with Gasteiger partial charge in [-0.15, -0.1) is 0 Å². The second-order valence-electron chi connectivity index (χ2n) is 4.92. The number of aromatic nitrogens is 1. The van der Waals surface area contributed by atoms with Crippen LogP contribution in [-0.4, -0.2) is 24.5 Å². The number of nitrogens with zero attached hydrogens (tertiary/aromatic N) is 2. The van der Waals surface area contributed by atoms with Crippen molar-refractivity contribution in [1.82, 2.24) is 4.98 Å². The predicted molar refractivity (Wildman–Crippen MR) is 70.8 cm³/mol. The van der Waals surface area contributed by atoms with Crippen molar-refractivity contribution < 1.29 is 8.78 Å². The molecule has 96 valence electrons. The van der Waals surface area contributed by atoms with Crippen LogP contribution in [0.1, 0.15) is 11.1 Å². The first kappa shape index (κ1) is 11.8. The van der Waals surface area contributed by atoms with Gasteiger partial charge in [0.15, 0.2) is 5.13 Å². The maximum absolute atomic E-state index is 12.4. The number of hydrogen-bond donors (Lipinski definition) is 0. The summed E-state index contributed by atoms with van der Waals surface area (Å²) in [5.74, 6) is -0.486. The highest BCUT2D eigenvalue weighted by Crippen LogP contribution is 2.35. The van der Waals surface area contributed by atoms with Gasteiger partial charge in [0, 0.05) is 13.1 Å². The summed E-state index contributed by atoms with van der Waals surface area (Å²) in [5, 5.41) is 0.871. The van der Waals surface area contributed by atoms with Crippen molar-refractivity contribution in [2.75, 3.05) is 18.0 Å². The molecule has 2 heterocycles. The molecule has 2 aromatic rings. The molecule has 1 aliphatic heterocycles. The van der Waals surface area contributed by atoms with Gasteiger partial charge in [-0.25, -0.2) is 13.8 Å². The van der Waals surface area contributed by atoms with Crippen LogP contribution in [0.5, 0.6) is 0 Å². The van der Waals surface area contributed by atoms with Crippen LogP contribution in [0.25, 0.3) is 10.2 Å². The second-order valence-corrected chi connectivity index (χ2v) is 5.93. The van der Waals surface area contributed by atoms with Gasteiger partial charge in [0.2, 0.25) is 6.43 Å². The van der Waals surface area contributed by atoms with Gasteiger partial charge in [-0.05, 0) is 31.0 Å². The van der Waals surface area contributed by atoms with E-state index in [2.05, 4.69) is 24.0 Å². The summed E-state index contributed by atoms with van der Waals surface area (Å²) in [6, 6.07) is 4.21. The summed E-state index contributed by atoms with van der Waals surface area (Å²) in [4.78, 5) is 6.51. The van der Waals surface area contributed by atoms with Gasteiger partial charge in [-0.1, -0.05) is 17.4 Å². The van der Waals surface area contributed by atoms with Crippen LogP contribution >= 0.6 is 11.3 Å². The average molecular weight is 268 g/mol. The first-order valence-electron chi connectivity index (χ1n) is 5.95. The summed E-state index contributed by atoms with van der Waals surface area (Å²) in [6.07, 6.45) is -2.21. The lowest BCUT2D eigenvalue weighted by molar-refractivity contribution is 0.0614. The third kappa shape index (κ3) is 1.86. The van der Waals surface area contributed by atoms with E-state index in [1.807, 2.05) is 11.8 Å². The van der Waals surface area contributed by atoms with Crippen LogP contribution in [0.3, 0.4) is 0 Å². The maximum Gasteiger partial charge on any atom is 0.244 e. The Morgan fingerprint density at radius 3 is 2.72 bits per heavy atom. The quantitative estimate of drug-likeness (QED) is 0.827. The molecule has 3 rings (SSSR count). The normalized spacial score (nSPS) is 16.6. The lowest BCUT2D eigenvalue weighted by Gasteiger charge is -2.38. The fraction of sp³-hybridized carbons (Fsp3) is 0.462. The molecule has 0 aliphatic carbocycles. The fourth-order valence-corrected chi connectivity index (χ4v) is 3.48. The standard InChI is InChI=1S/C13H14F2N2S/c1-7-3-8(2)11-10(4-7)18-13(16-11)17-5-9(6-17)12(14)15/h3-4,9,12H,5-6H2,1-2H3. The molecule has 1 saturated heterocycles. The molecular formula is C13H14F2N2S. The molecule has 0 unspecified atom stereocenters. The van der Waals surface area contributed by atoms with Gasteiger partial charge >= 0.3 is 0 Å². The van der Waals surface area contributed by atoms with Crippen molar-refractivity contribution in [3.05, 3.63) is 23.3 Å². The zero-order valence-corrected chi connectivity index (χ0v) is 11.1. The highest BCUT2D eigenvalue weighted by molar-refractivity contribution is 7.22. The number of halogens is 2. The van der Waals surface area contributed by atoms with Gasteiger partial charge in [0.05, 0.1) is 16.1 Å². The Balaban J connectivity index is 1.89. The predicted octanol–water partition coefficient (Wildman–Crippen LogP) is 3.61. The summed E-state index contributed by atoms with van der Waals surface area (Å²) in [5.41, 5.74) is 3.36. The Bertz CT molecular complexity index is 588. The monoisotopic (exact) mass is 268 g/mol. The maximum atomic E-state index is 12.4. The van der Waals surface area contributed by atoms with Crippen LogP contribution < -0.4 is 4.90 Å². The Morgan fingerprint density at radius 2 is 2.06 bits per heavy atom. The summed E-state index contributed by atoms with van der Waals surface area (Å²) in [6.45, 7) is 4.95.